The molecule has 1 atom stereocenters. The summed E-state index contributed by atoms with van der Waals surface area (Å²) in [6, 6.07) is 13.2. The molecular formula is C16H19ClN2O2. The fourth-order valence-electron chi connectivity index (χ4n) is 1.91. The number of hydrogen-bond acceptors (Lipinski definition) is 3. The molecule has 0 fully saturated rings. The average Bonchev–Trinajstić information content (AvgIpc) is 2.45. The van der Waals surface area contributed by atoms with Gasteiger partial charge in [-0.15, -0.1) is 0 Å². The summed E-state index contributed by atoms with van der Waals surface area (Å²) in [7, 11) is 3.20. The van der Waals surface area contributed by atoms with E-state index in [1.54, 1.807) is 20.3 Å². The van der Waals surface area contributed by atoms with Crippen molar-refractivity contribution in [3.8, 4) is 0 Å². The first kappa shape index (κ1) is 15.9. The zero-order chi connectivity index (χ0) is 15.3. The number of pyridine rings is 1. The van der Waals surface area contributed by atoms with E-state index in [1.807, 2.05) is 42.5 Å². The molecule has 1 unspecified atom stereocenters. The van der Waals surface area contributed by atoms with E-state index in [2.05, 4.69) is 4.98 Å². The van der Waals surface area contributed by atoms with E-state index in [-0.39, 0.29) is 10.8 Å². The number of ether oxygens (including phenoxy) is 1. The molecular weight excluding hydrogens is 288 g/mol. The highest BCUT2D eigenvalue weighted by molar-refractivity contribution is 6.30. The molecule has 0 saturated carbocycles. The van der Waals surface area contributed by atoms with Crippen molar-refractivity contribution in [3.63, 3.8) is 0 Å². The molecule has 5 heteroatoms. The van der Waals surface area contributed by atoms with Crippen LogP contribution in [-0.2, 0) is 4.74 Å². The van der Waals surface area contributed by atoms with Crippen molar-refractivity contribution in [2.75, 3.05) is 27.2 Å². The van der Waals surface area contributed by atoms with Gasteiger partial charge < -0.3 is 14.6 Å². The molecule has 1 heterocycles. The Morgan fingerprint density at radius 1 is 1.19 bits per heavy atom. The molecule has 2 rings (SSSR count). The van der Waals surface area contributed by atoms with Gasteiger partial charge in [-0.05, 0) is 29.8 Å². The monoisotopic (exact) mass is 306 g/mol. The minimum Gasteiger partial charge on any atom is -0.633 e. The van der Waals surface area contributed by atoms with Gasteiger partial charge in [0.25, 0.3) is 0 Å². The summed E-state index contributed by atoms with van der Waals surface area (Å²) in [4.78, 5) is 4.35. The van der Waals surface area contributed by atoms with Crippen molar-refractivity contribution < 1.29 is 9.38 Å². The van der Waals surface area contributed by atoms with Crippen LogP contribution in [0.15, 0.2) is 48.7 Å². The lowest BCUT2D eigenvalue weighted by atomic mass is 10.1. The van der Waals surface area contributed by atoms with Crippen LogP contribution >= 0.6 is 11.6 Å². The van der Waals surface area contributed by atoms with Crippen molar-refractivity contribution >= 4 is 11.6 Å². The van der Waals surface area contributed by atoms with Gasteiger partial charge in [0.05, 0.1) is 26.4 Å². The van der Waals surface area contributed by atoms with Crippen LogP contribution in [-0.4, -0.2) is 36.9 Å². The second kappa shape index (κ2) is 7.00. The van der Waals surface area contributed by atoms with E-state index < -0.39 is 0 Å². The van der Waals surface area contributed by atoms with Crippen LogP contribution in [0.25, 0.3) is 0 Å². The molecule has 0 N–H and O–H groups in total. The SMILES string of the molecule is C[N+](C)([O-])CCOC(c1ccc(Cl)cc1)c1ccccn1. The second-order valence-corrected chi connectivity index (χ2v) is 5.79. The molecule has 4 nitrogen and oxygen atoms in total. The lowest BCUT2D eigenvalue weighted by molar-refractivity contribution is -0.840. The predicted octanol–water partition coefficient (Wildman–Crippen LogP) is 3.42. The van der Waals surface area contributed by atoms with Crippen molar-refractivity contribution in [1.29, 1.82) is 0 Å². The first-order valence-corrected chi connectivity index (χ1v) is 7.15. The molecule has 0 aliphatic carbocycles. The minimum atomic E-state index is -0.379. The first-order chi connectivity index (χ1) is 9.96. The van der Waals surface area contributed by atoms with E-state index in [1.165, 1.54) is 0 Å². The van der Waals surface area contributed by atoms with Gasteiger partial charge in [0.1, 0.15) is 12.6 Å². The van der Waals surface area contributed by atoms with Crippen LogP contribution in [0.2, 0.25) is 5.02 Å². The molecule has 1 aromatic carbocycles. The Balaban J connectivity index is 2.17. The average molecular weight is 307 g/mol. The molecule has 112 valence electrons. The molecule has 0 aliphatic heterocycles. The Hall–Kier alpha value is -1.46. The van der Waals surface area contributed by atoms with Gasteiger partial charge in [0, 0.05) is 11.2 Å². The largest absolute Gasteiger partial charge is 0.633 e. The Morgan fingerprint density at radius 3 is 2.48 bits per heavy atom. The van der Waals surface area contributed by atoms with Crippen LogP contribution in [0.5, 0.6) is 0 Å². The van der Waals surface area contributed by atoms with Crippen molar-refractivity contribution in [1.82, 2.24) is 4.98 Å². The van der Waals surface area contributed by atoms with E-state index >= 15 is 0 Å². The normalized spacial score (nSPS) is 13.1. The fraction of sp³-hybridized carbons (Fsp3) is 0.312. The molecule has 0 saturated heterocycles. The number of benzene rings is 1. The molecule has 0 spiro atoms. The maximum absolute atomic E-state index is 11.6. The van der Waals surface area contributed by atoms with Crippen LogP contribution in [0.4, 0.5) is 0 Å². The van der Waals surface area contributed by atoms with E-state index in [4.69, 9.17) is 16.3 Å². The minimum absolute atomic E-state index is 0.296. The summed E-state index contributed by atoms with van der Waals surface area (Å²) in [5.74, 6) is 0. The number of hydrogen-bond donors (Lipinski definition) is 0. The Labute approximate surface area is 130 Å². The van der Waals surface area contributed by atoms with E-state index in [0.29, 0.717) is 18.2 Å². The first-order valence-electron chi connectivity index (χ1n) is 6.78. The summed E-state index contributed by atoms with van der Waals surface area (Å²) in [5, 5.41) is 12.3. The third kappa shape index (κ3) is 5.10. The number of rotatable bonds is 6. The van der Waals surface area contributed by atoms with Crippen molar-refractivity contribution in [2.24, 2.45) is 0 Å². The third-order valence-electron chi connectivity index (χ3n) is 3.04. The summed E-state index contributed by atoms with van der Waals surface area (Å²) in [5.41, 5.74) is 1.78. The summed E-state index contributed by atoms with van der Waals surface area (Å²) in [6.45, 7) is 0.747. The Morgan fingerprint density at radius 2 is 1.90 bits per heavy atom. The lowest BCUT2D eigenvalue weighted by Gasteiger charge is -2.34. The molecule has 0 radical (unpaired) electrons. The standard InChI is InChI=1S/C16H19ClN2O2/c1-19(2,20)11-12-21-16(15-5-3-4-10-18-15)13-6-8-14(17)9-7-13/h3-10,16H,11-12H2,1-2H3. The Bertz CT molecular complexity index is 553. The Kier molecular flexibility index (Phi) is 5.31. The third-order valence-corrected chi connectivity index (χ3v) is 3.30. The highest BCUT2D eigenvalue weighted by Crippen LogP contribution is 2.25. The number of aromatic nitrogens is 1. The van der Waals surface area contributed by atoms with Crippen LogP contribution in [0.1, 0.15) is 17.4 Å². The van der Waals surface area contributed by atoms with Crippen LogP contribution in [0, 0.1) is 5.21 Å². The van der Waals surface area contributed by atoms with Gasteiger partial charge in [-0.2, -0.15) is 0 Å². The van der Waals surface area contributed by atoms with Gasteiger partial charge in [-0.1, -0.05) is 29.8 Å². The van der Waals surface area contributed by atoms with Crippen molar-refractivity contribution in [3.05, 3.63) is 70.1 Å². The topological polar surface area (TPSA) is 45.2 Å². The number of nitrogens with zero attached hydrogens (tertiary/aromatic N) is 2. The fourth-order valence-corrected chi connectivity index (χ4v) is 2.04. The number of quaternary nitrogens is 1. The van der Waals surface area contributed by atoms with Gasteiger partial charge in [0.2, 0.25) is 0 Å². The highest BCUT2D eigenvalue weighted by Gasteiger charge is 2.17. The quantitative estimate of drug-likeness (QED) is 0.607. The molecule has 0 amide bonds. The van der Waals surface area contributed by atoms with Crippen LogP contribution < -0.4 is 0 Å². The molecule has 2 aromatic rings. The molecule has 0 bridgehead atoms. The van der Waals surface area contributed by atoms with Crippen molar-refractivity contribution in [2.45, 2.75) is 6.10 Å². The van der Waals surface area contributed by atoms with Gasteiger partial charge in [0.15, 0.2) is 0 Å². The van der Waals surface area contributed by atoms with Gasteiger partial charge >= 0.3 is 0 Å². The second-order valence-electron chi connectivity index (χ2n) is 5.35. The van der Waals surface area contributed by atoms with Gasteiger partial charge in [-0.25, -0.2) is 0 Å². The smallest absolute Gasteiger partial charge is 0.125 e. The summed E-state index contributed by atoms with van der Waals surface area (Å²) in [6.07, 6.45) is 1.44. The number of halogens is 1. The molecule has 0 aliphatic rings. The van der Waals surface area contributed by atoms with E-state index in [9.17, 15) is 5.21 Å². The zero-order valence-corrected chi connectivity index (χ0v) is 13.0. The summed E-state index contributed by atoms with van der Waals surface area (Å²) >= 11 is 5.93. The predicted molar refractivity (Wildman–Crippen MR) is 83.8 cm³/mol. The lowest BCUT2D eigenvalue weighted by Crippen LogP contribution is -2.36. The van der Waals surface area contributed by atoms with E-state index in [0.717, 1.165) is 11.3 Å². The number of likely N-dealkylation sites (N-methyl/N-ethyl adjacent to an activating group) is 1. The molecule has 21 heavy (non-hydrogen) atoms. The maximum atomic E-state index is 11.6. The number of hydroxylamine groups is 3. The molecule has 1 aromatic heterocycles. The summed E-state index contributed by atoms with van der Waals surface area (Å²) < 4.78 is 5.53. The van der Waals surface area contributed by atoms with Gasteiger partial charge in [-0.3, -0.25) is 4.98 Å². The zero-order valence-electron chi connectivity index (χ0n) is 12.2. The highest BCUT2D eigenvalue weighted by atomic mass is 35.5. The van der Waals surface area contributed by atoms with Crippen LogP contribution in [0.3, 0.4) is 0 Å². The maximum Gasteiger partial charge on any atom is 0.125 e.